The molecule has 1 aliphatic rings. The Bertz CT molecular complexity index is 859. The lowest BCUT2D eigenvalue weighted by Gasteiger charge is -2.31. The average molecular weight is 394 g/mol. The van der Waals surface area contributed by atoms with Gasteiger partial charge in [-0.05, 0) is 54.5 Å². The minimum Gasteiger partial charge on any atom is -0.402 e. The summed E-state index contributed by atoms with van der Waals surface area (Å²) in [5.74, 6) is 0. The number of benzene rings is 1. The van der Waals surface area contributed by atoms with Crippen LogP contribution in [0.5, 0.6) is 0 Å². The predicted molar refractivity (Wildman–Crippen MR) is 119 cm³/mol. The molecule has 1 amide bonds. The summed E-state index contributed by atoms with van der Waals surface area (Å²) < 4.78 is 0. The highest BCUT2D eigenvalue weighted by Crippen LogP contribution is 2.37. The Hall–Kier alpha value is -3.15. The summed E-state index contributed by atoms with van der Waals surface area (Å²) in [6.45, 7) is 4.98. The van der Waals surface area contributed by atoms with Crippen molar-refractivity contribution in [2.45, 2.75) is 39.7 Å². The summed E-state index contributed by atoms with van der Waals surface area (Å²) in [4.78, 5) is 13.8. The van der Waals surface area contributed by atoms with Crippen molar-refractivity contribution in [2.75, 3.05) is 12.4 Å². The summed E-state index contributed by atoms with van der Waals surface area (Å²) >= 11 is 0. The molecule has 1 aromatic heterocycles. The van der Waals surface area contributed by atoms with Crippen LogP contribution in [0.2, 0.25) is 0 Å². The maximum Gasteiger partial charge on any atom is 0.207 e. The number of carbonyl (C=O) groups excluding carboxylic acids is 1. The van der Waals surface area contributed by atoms with Gasteiger partial charge in [0.05, 0.1) is 18.0 Å². The van der Waals surface area contributed by atoms with Crippen molar-refractivity contribution in [3.8, 4) is 0 Å². The summed E-state index contributed by atoms with van der Waals surface area (Å²) in [6, 6.07) is 13.5. The third kappa shape index (κ3) is 6.75. The summed E-state index contributed by atoms with van der Waals surface area (Å²) in [5, 5.41) is 14.0. The highest BCUT2D eigenvalue weighted by Gasteiger charge is 2.27. The fourth-order valence-electron chi connectivity index (χ4n) is 3.27. The number of hydrogen-bond acceptors (Lipinski definition) is 5. The van der Waals surface area contributed by atoms with E-state index in [1.807, 2.05) is 49.5 Å². The van der Waals surface area contributed by atoms with Gasteiger partial charge in [0, 0.05) is 30.2 Å². The van der Waals surface area contributed by atoms with E-state index in [1.165, 1.54) is 0 Å². The number of amides is 1. The van der Waals surface area contributed by atoms with Crippen LogP contribution in [0.25, 0.3) is 0 Å². The van der Waals surface area contributed by atoms with Crippen LogP contribution in [-0.2, 0) is 11.3 Å². The largest absolute Gasteiger partial charge is 0.402 e. The van der Waals surface area contributed by atoms with E-state index >= 15 is 0 Å². The SMILES string of the molecule is CNc1cccc(C(=N)C2=C(N)CC(C)(C)CC2)c1.O=CNCc1ccccn1. The van der Waals surface area contributed by atoms with Gasteiger partial charge in [-0.1, -0.05) is 32.0 Å². The highest BCUT2D eigenvalue weighted by molar-refractivity contribution is 6.11. The first-order chi connectivity index (χ1) is 13.9. The molecule has 0 saturated heterocycles. The zero-order valence-electron chi connectivity index (χ0n) is 17.5. The van der Waals surface area contributed by atoms with Crippen LogP contribution in [0.15, 0.2) is 59.9 Å². The van der Waals surface area contributed by atoms with Crippen molar-refractivity contribution in [3.63, 3.8) is 0 Å². The van der Waals surface area contributed by atoms with Crippen molar-refractivity contribution in [3.05, 3.63) is 71.2 Å². The van der Waals surface area contributed by atoms with Crippen molar-refractivity contribution in [1.29, 1.82) is 5.41 Å². The number of carbonyl (C=O) groups is 1. The van der Waals surface area contributed by atoms with Crippen LogP contribution in [0.4, 0.5) is 5.69 Å². The zero-order chi connectivity index (χ0) is 21.3. The molecule has 29 heavy (non-hydrogen) atoms. The van der Waals surface area contributed by atoms with Crippen molar-refractivity contribution >= 4 is 17.8 Å². The molecule has 5 N–H and O–H groups in total. The van der Waals surface area contributed by atoms with Gasteiger partial charge in [-0.3, -0.25) is 15.2 Å². The molecule has 0 radical (unpaired) electrons. The molecule has 0 unspecified atom stereocenters. The normalized spacial score (nSPS) is 15.0. The predicted octanol–water partition coefficient (Wildman–Crippen LogP) is 3.85. The smallest absolute Gasteiger partial charge is 0.207 e. The lowest BCUT2D eigenvalue weighted by molar-refractivity contribution is -0.109. The van der Waals surface area contributed by atoms with Gasteiger partial charge in [0.15, 0.2) is 0 Å². The highest BCUT2D eigenvalue weighted by atomic mass is 16.1. The topological polar surface area (TPSA) is 104 Å². The molecule has 2 aromatic rings. The lowest BCUT2D eigenvalue weighted by Crippen LogP contribution is -2.25. The third-order valence-electron chi connectivity index (χ3n) is 4.94. The van der Waals surface area contributed by atoms with E-state index in [0.717, 1.165) is 47.5 Å². The van der Waals surface area contributed by atoms with E-state index < -0.39 is 0 Å². The molecule has 0 fully saturated rings. The number of nitrogens with zero attached hydrogens (tertiary/aromatic N) is 1. The van der Waals surface area contributed by atoms with Gasteiger partial charge in [0.25, 0.3) is 0 Å². The summed E-state index contributed by atoms with van der Waals surface area (Å²) in [6.07, 6.45) is 5.24. The third-order valence-corrected chi connectivity index (χ3v) is 4.94. The molecule has 6 heteroatoms. The molecule has 3 rings (SSSR count). The van der Waals surface area contributed by atoms with Crippen LogP contribution >= 0.6 is 0 Å². The second-order valence-corrected chi connectivity index (χ2v) is 7.87. The Kier molecular flexibility index (Phi) is 7.95. The van der Waals surface area contributed by atoms with Gasteiger partial charge < -0.3 is 16.4 Å². The van der Waals surface area contributed by atoms with E-state index in [-0.39, 0.29) is 5.41 Å². The molecule has 1 aromatic carbocycles. The Balaban J connectivity index is 0.000000253. The average Bonchev–Trinajstić information content (AvgIpc) is 2.72. The molecular weight excluding hydrogens is 362 g/mol. The van der Waals surface area contributed by atoms with Crippen LogP contribution in [0.1, 0.15) is 44.4 Å². The van der Waals surface area contributed by atoms with Gasteiger partial charge in [0.1, 0.15) is 0 Å². The number of aromatic nitrogens is 1. The van der Waals surface area contributed by atoms with E-state index in [4.69, 9.17) is 11.1 Å². The van der Waals surface area contributed by atoms with Crippen LogP contribution < -0.4 is 16.4 Å². The number of nitrogens with one attached hydrogen (secondary N) is 3. The lowest BCUT2D eigenvalue weighted by atomic mass is 9.75. The van der Waals surface area contributed by atoms with Gasteiger partial charge in [-0.15, -0.1) is 0 Å². The second-order valence-electron chi connectivity index (χ2n) is 7.87. The molecule has 0 atom stereocenters. The standard InChI is InChI=1S/C16H23N3.C7H8N2O/c1-16(2)8-7-13(14(17)10-16)15(18)11-5-4-6-12(9-11)19-3;10-6-8-5-7-3-1-2-4-9-7/h4-6,9,18-19H,7-8,10,17H2,1-3H3;1-4,6H,5H2,(H,8,10). The van der Waals surface area contributed by atoms with E-state index in [1.54, 1.807) is 6.20 Å². The van der Waals surface area contributed by atoms with Crippen molar-refractivity contribution in [2.24, 2.45) is 11.1 Å². The monoisotopic (exact) mass is 393 g/mol. The first kappa shape index (κ1) is 22.1. The Labute approximate surface area is 173 Å². The molecule has 154 valence electrons. The molecule has 0 saturated carbocycles. The van der Waals surface area contributed by atoms with Gasteiger partial charge in [0.2, 0.25) is 6.41 Å². The summed E-state index contributed by atoms with van der Waals surface area (Å²) in [7, 11) is 1.89. The fraction of sp³-hybridized carbons (Fsp3) is 0.348. The quantitative estimate of drug-likeness (QED) is 0.442. The minimum atomic E-state index is 0.265. The van der Waals surface area contributed by atoms with Gasteiger partial charge in [-0.25, -0.2) is 0 Å². The number of pyridine rings is 1. The molecule has 6 nitrogen and oxygen atoms in total. The Morgan fingerprint density at radius 2 is 2.07 bits per heavy atom. The first-order valence-corrected chi connectivity index (χ1v) is 9.78. The number of rotatable bonds is 6. The maximum absolute atomic E-state index is 9.84. The molecule has 0 aliphatic heterocycles. The maximum atomic E-state index is 9.84. The number of allylic oxidation sites excluding steroid dienone is 2. The van der Waals surface area contributed by atoms with Gasteiger partial charge >= 0.3 is 0 Å². The minimum absolute atomic E-state index is 0.265. The zero-order valence-corrected chi connectivity index (χ0v) is 17.5. The van der Waals surface area contributed by atoms with E-state index in [0.29, 0.717) is 18.7 Å². The van der Waals surface area contributed by atoms with E-state index in [9.17, 15) is 4.79 Å². The van der Waals surface area contributed by atoms with E-state index in [2.05, 4.69) is 29.5 Å². The molecule has 0 bridgehead atoms. The van der Waals surface area contributed by atoms with Crippen LogP contribution in [-0.4, -0.2) is 24.2 Å². The molecule has 1 aliphatic carbocycles. The number of hydrogen-bond donors (Lipinski definition) is 4. The number of anilines is 1. The van der Waals surface area contributed by atoms with Gasteiger partial charge in [-0.2, -0.15) is 0 Å². The Morgan fingerprint density at radius 3 is 2.69 bits per heavy atom. The number of nitrogens with two attached hydrogens (primary N) is 1. The van der Waals surface area contributed by atoms with Crippen LogP contribution in [0.3, 0.4) is 0 Å². The Morgan fingerprint density at radius 1 is 1.28 bits per heavy atom. The molecule has 0 spiro atoms. The molecule has 1 heterocycles. The second kappa shape index (κ2) is 10.4. The summed E-state index contributed by atoms with van der Waals surface area (Å²) in [5.41, 5.74) is 11.8. The molecular formula is C23H31N5O. The fourth-order valence-corrected chi connectivity index (χ4v) is 3.27. The van der Waals surface area contributed by atoms with Crippen molar-refractivity contribution < 1.29 is 4.79 Å². The first-order valence-electron chi connectivity index (χ1n) is 9.78. The van der Waals surface area contributed by atoms with Crippen molar-refractivity contribution in [1.82, 2.24) is 10.3 Å². The van der Waals surface area contributed by atoms with Crippen LogP contribution in [0, 0.1) is 10.8 Å².